The van der Waals surface area contributed by atoms with Crippen LogP contribution in [0.25, 0.3) is 0 Å². The Morgan fingerprint density at radius 1 is 1.25 bits per heavy atom. The van der Waals surface area contributed by atoms with Gasteiger partial charge in [-0.3, -0.25) is 14.9 Å². The van der Waals surface area contributed by atoms with Crippen molar-refractivity contribution in [2.24, 2.45) is 0 Å². The van der Waals surface area contributed by atoms with E-state index in [1.165, 1.54) is 12.1 Å². The molecule has 110 valence electrons. The second kappa shape index (κ2) is 9.03. The third kappa shape index (κ3) is 6.29. The molecule has 6 heteroatoms. The van der Waals surface area contributed by atoms with Crippen LogP contribution in [0.5, 0.6) is 0 Å². The molecule has 0 radical (unpaired) electrons. The fourth-order valence-corrected chi connectivity index (χ4v) is 1.69. The monoisotopic (exact) mass is 279 g/mol. The van der Waals surface area contributed by atoms with Crippen molar-refractivity contribution < 1.29 is 9.72 Å². The van der Waals surface area contributed by atoms with Crippen molar-refractivity contribution in [3.63, 3.8) is 0 Å². The normalized spacial score (nSPS) is 10.2. The number of non-ortho nitro benzene ring substituents is 1. The van der Waals surface area contributed by atoms with Crippen LogP contribution in [0.1, 0.15) is 25.3 Å². The maximum atomic E-state index is 11.4. The summed E-state index contributed by atoms with van der Waals surface area (Å²) in [6, 6.07) is 6.46. The van der Waals surface area contributed by atoms with Crippen molar-refractivity contribution in [3.8, 4) is 0 Å². The van der Waals surface area contributed by atoms with Crippen LogP contribution in [-0.4, -0.2) is 30.5 Å². The first-order chi connectivity index (χ1) is 9.63. The fraction of sp³-hybridized carbons (Fsp3) is 0.500. The number of nitrogens with one attached hydrogen (secondary N) is 2. The minimum absolute atomic E-state index is 0.00199. The molecule has 0 saturated carbocycles. The van der Waals surface area contributed by atoms with Crippen LogP contribution < -0.4 is 10.6 Å². The lowest BCUT2D eigenvalue weighted by Gasteiger charge is -2.06. The smallest absolute Gasteiger partial charge is 0.269 e. The van der Waals surface area contributed by atoms with Crippen LogP contribution in [-0.2, 0) is 11.2 Å². The lowest BCUT2D eigenvalue weighted by Crippen LogP contribution is -2.35. The number of unbranched alkanes of at least 4 members (excludes halogenated alkanes) is 1. The molecule has 6 nitrogen and oxygen atoms in total. The van der Waals surface area contributed by atoms with E-state index in [4.69, 9.17) is 0 Å². The van der Waals surface area contributed by atoms with Gasteiger partial charge < -0.3 is 10.6 Å². The molecule has 0 aliphatic carbocycles. The van der Waals surface area contributed by atoms with Gasteiger partial charge in [-0.1, -0.05) is 25.5 Å². The number of carbonyl (C=O) groups is 1. The van der Waals surface area contributed by atoms with Gasteiger partial charge in [-0.15, -0.1) is 0 Å². The minimum atomic E-state index is -0.414. The summed E-state index contributed by atoms with van der Waals surface area (Å²) in [6.07, 6.45) is 2.79. The topological polar surface area (TPSA) is 84.3 Å². The van der Waals surface area contributed by atoms with Crippen molar-refractivity contribution in [2.45, 2.75) is 26.2 Å². The highest BCUT2D eigenvalue weighted by Crippen LogP contribution is 2.11. The van der Waals surface area contributed by atoms with E-state index >= 15 is 0 Å². The molecule has 20 heavy (non-hydrogen) atoms. The van der Waals surface area contributed by atoms with Crippen LogP contribution in [0.3, 0.4) is 0 Å². The predicted molar refractivity (Wildman–Crippen MR) is 77.6 cm³/mol. The zero-order chi connectivity index (χ0) is 14.8. The third-order valence-corrected chi connectivity index (χ3v) is 2.88. The summed E-state index contributed by atoms with van der Waals surface area (Å²) in [4.78, 5) is 21.5. The fourth-order valence-electron chi connectivity index (χ4n) is 1.69. The van der Waals surface area contributed by atoms with Crippen LogP contribution in [0.2, 0.25) is 0 Å². The average molecular weight is 279 g/mol. The number of nitrogens with zero attached hydrogens (tertiary/aromatic N) is 1. The molecule has 1 amide bonds. The zero-order valence-electron chi connectivity index (χ0n) is 11.7. The number of rotatable bonds is 9. The van der Waals surface area contributed by atoms with E-state index in [2.05, 4.69) is 17.6 Å². The number of benzene rings is 1. The van der Waals surface area contributed by atoms with Crippen molar-refractivity contribution in [3.05, 3.63) is 39.9 Å². The van der Waals surface area contributed by atoms with Gasteiger partial charge in [0.05, 0.1) is 11.5 Å². The van der Waals surface area contributed by atoms with E-state index in [1.807, 2.05) is 0 Å². The van der Waals surface area contributed by atoms with Crippen molar-refractivity contribution in [2.75, 3.05) is 19.6 Å². The van der Waals surface area contributed by atoms with Gasteiger partial charge in [0.15, 0.2) is 0 Å². The zero-order valence-corrected chi connectivity index (χ0v) is 11.7. The Morgan fingerprint density at radius 3 is 2.55 bits per heavy atom. The Hall–Kier alpha value is -1.95. The molecule has 0 unspecified atom stereocenters. The number of carbonyl (C=O) groups excluding carboxylic acids is 1. The molecule has 0 bridgehead atoms. The van der Waals surface area contributed by atoms with Crippen molar-refractivity contribution in [1.82, 2.24) is 10.6 Å². The Balaban J connectivity index is 2.17. The van der Waals surface area contributed by atoms with Crippen LogP contribution >= 0.6 is 0 Å². The highest BCUT2D eigenvalue weighted by molar-refractivity contribution is 5.77. The van der Waals surface area contributed by atoms with Gasteiger partial charge >= 0.3 is 0 Å². The molecule has 1 aromatic carbocycles. The number of hydrogen-bond donors (Lipinski definition) is 2. The van der Waals surface area contributed by atoms with Crippen LogP contribution in [0, 0.1) is 10.1 Å². The molecule has 0 saturated heterocycles. The van der Waals surface area contributed by atoms with Gasteiger partial charge in [-0.2, -0.15) is 0 Å². The van der Waals surface area contributed by atoms with Gasteiger partial charge in [0, 0.05) is 18.7 Å². The molecule has 0 spiro atoms. The maximum Gasteiger partial charge on any atom is 0.269 e. The predicted octanol–water partition coefficient (Wildman–Crippen LogP) is 1.64. The lowest BCUT2D eigenvalue weighted by molar-refractivity contribution is -0.384. The molecular formula is C14H21N3O3. The summed E-state index contributed by atoms with van der Waals surface area (Å²) in [5.41, 5.74) is 1.10. The largest absolute Gasteiger partial charge is 0.355 e. The maximum absolute atomic E-state index is 11.4. The van der Waals surface area contributed by atoms with Gasteiger partial charge in [-0.25, -0.2) is 0 Å². The first-order valence-electron chi connectivity index (χ1n) is 6.84. The van der Waals surface area contributed by atoms with E-state index in [0.29, 0.717) is 13.1 Å². The Kier molecular flexibility index (Phi) is 7.27. The number of amides is 1. The molecule has 0 atom stereocenters. The van der Waals surface area contributed by atoms with E-state index in [-0.39, 0.29) is 11.6 Å². The first-order valence-corrected chi connectivity index (χ1v) is 6.84. The summed E-state index contributed by atoms with van der Waals surface area (Å²) in [7, 11) is 0. The van der Waals surface area contributed by atoms with E-state index in [0.717, 1.165) is 31.4 Å². The highest BCUT2D eigenvalue weighted by atomic mass is 16.6. The number of hydrogen-bond acceptors (Lipinski definition) is 4. The summed E-state index contributed by atoms with van der Waals surface area (Å²) < 4.78 is 0. The quantitative estimate of drug-likeness (QED) is 0.409. The summed E-state index contributed by atoms with van der Waals surface area (Å²) in [5.74, 6) is 0.00199. The van der Waals surface area contributed by atoms with E-state index < -0.39 is 4.92 Å². The molecule has 1 rings (SSSR count). The van der Waals surface area contributed by atoms with E-state index in [9.17, 15) is 14.9 Å². The SMILES string of the molecule is CCCCNC(=O)CNCCc1ccc([N+](=O)[O-])cc1. The van der Waals surface area contributed by atoms with Crippen molar-refractivity contribution in [1.29, 1.82) is 0 Å². The number of nitro benzene ring substituents is 1. The van der Waals surface area contributed by atoms with Crippen molar-refractivity contribution >= 4 is 11.6 Å². The highest BCUT2D eigenvalue weighted by Gasteiger charge is 2.04. The number of nitro groups is 1. The van der Waals surface area contributed by atoms with Gasteiger partial charge in [0.25, 0.3) is 5.69 Å². The van der Waals surface area contributed by atoms with E-state index in [1.54, 1.807) is 12.1 Å². The minimum Gasteiger partial charge on any atom is -0.355 e. The van der Waals surface area contributed by atoms with Crippen LogP contribution in [0.4, 0.5) is 5.69 Å². The molecule has 2 N–H and O–H groups in total. The van der Waals surface area contributed by atoms with Gasteiger partial charge in [-0.05, 0) is 24.9 Å². The third-order valence-electron chi connectivity index (χ3n) is 2.88. The van der Waals surface area contributed by atoms with Gasteiger partial charge in [0.2, 0.25) is 5.91 Å². The van der Waals surface area contributed by atoms with Gasteiger partial charge in [0.1, 0.15) is 0 Å². The standard InChI is InChI=1S/C14H21N3O3/c1-2-3-9-16-14(18)11-15-10-8-12-4-6-13(7-5-12)17(19)20/h4-7,15H,2-3,8-11H2,1H3,(H,16,18). The van der Waals surface area contributed by atoms with Crippen LogP contribution in [0.15, 0.2) is 24.3 Å². The molecule has 0 heterocycles. The molecule has 0 aliphatic rings. The molecule has 0 fully saturated rings. The lowest BCUT2D eigenvalue weighted by atomic mass is 10.1. The molecule has 0 aliphatic heterocycles. The molecule has 1 aromatic rings. The first kappa shape index (κ1) is 16.1. The Labute approximate surface area is 118 Å². The average Bonchev–Trinajstić information content (AvgIpc) is 2.44. The second-order valence-corrected chi connectivity index (χ2v) is 4.55. The summed E-state index contributed by atoms with van der Waals surface area (Å²) in [6.45, 7) is 3.77. The Morgan fingerprint density at radius 2 is 1.95 bits per heavy atom. The second-order valence-electron chi connectivity index (χ2n) is 4.55. The molecular weight excluding hydrogens is 258 g/mol. The summed E-state index contributed by atoms with van der Waals surface area (Å²) in [5, 5.41) is 16.4. The molecule has 0 aromatic heterocycles. The Bertz CT molecular complexity index is 432. The summed E-state index contributed by atoms with van der Waals surface area (Å²) >= 11 is 0.